The van der Waals surface area contributed by atoms with Gasteiger partial charge in [0, 0.05) is 42.6 Å². The number of benzene rings is 1. The van der Waals surface area contributed by atoms with Gasteiger partial charge in [-0.15, -0.1) is 0 Å². The number of halogens is 1. The molecule has 0 aliphatic heterocycles. The van der Waals surface area contributed by atoms with Crippen LogP contribution in [0.25, 0.3) is 0 Å². The summed E-state index contributed by atoms with van der Waals surface area (Å²) in [6, 6.07) is 8.35. The molecule has 1 aromatic carbocycles. The minimum Gasteiger partial charge on any atom is -0.298 e. The van der Waals surface area contributed by atoms with Crippen molar-refractivity contribution in [2.75, 3.05) is 7.05 Å². The number of nitro groups is 1. The van der Waals surface area contributed by atoms with Gasteiger partial charge in [-0.3, -0.25) is 20.0 Å². The molecule has 0 amide bonds. The molecule has 0 aliphatic rings. The second-order valence-corrected chi connectivity index (χ2v) is 4.97. The van der Waals surface area contributed by atoms with Crippen molar-refractivity contribution in [3.63, 3.8) is 0 Å². The molecule has 0 saturated heterocycles. The minimum atomic E-state index is -0.416. The Bertz CT molecular complexity index is 605. The molecule has 1 heterocycles. The molecule has 2 rings (SSSR count). The van der Waals surface area contributed by atoms with Crippen LogP contribution >= 0.6 is 11.6 Å². The summed E-state index contributed by atoms with van der Waals surface area (Å²) < 4.78 is 0. The van der Waals surface area contributed by atoms with E-state index in [2.05, 4.69) is 4.98 Å². The van der Waals surface area contributed by atoms with Gasteiger partial charge in [-0.1, -0.05) is 17.7 Å². The van der Waals surface area contributed by atoms with Crippen molar-refractivity contribution in [2.24, 2.45) is 0 Å². The van der Waals surface area contributed by atoms with Gasteiger partial charge in [0.25, 0.3) is 5.69 Å². The van der Waals surface area contributed by atoms with Crippen molar-refractivity contribution in [1.29, 1.82) is 0 Å². The van der Waals surface area contributed by atoms with Crippen LogP contribution in [0.5, 0.6) is 0 Å². The van der Waals surface area contributed by atoms with Crippen LogP contribution in [0.3, 0.4) is 0 Å². The number of hydrogen-bond acceptors (Lipinski definition) is 4. The van der Waals surface area contributed by atoms with Gasteiger partial charge in [-0.05, 0) is 30.3 Å². The van der Waals surface area contributed by atoms with Crippen molar-refractivity contribution in [3.8, 4) is 0 Å². The summed E-state index contributed by atoms with van der Waals surface area (Å²) in [5, 5.41) is 11.3. The molecule has 6 heteroatoms. The number of hydrogen-bond donors (Lipinski definition) is 0. The molecule has 1 aromatic heterocycles. The summed E-state index contributed by atoms with van der Waals surface area (Å²) in [6.07, 6.45) is 3.52. The maximum Gasteiger partial charge on any atom is 0.269 e. The smallest absolute Gasteiger partial charge is 0.269 e. The topological polar surface area (TPSA) is 59.3 Å². The Morgan fingerprint density at radius 1 is 1.35 bits per heavy atom. The Kier molecular flexibility index (Phi) is 4.65. The second-order valence-electron chi connectivity index (χ2n) is 4.57. The Labute approximate surface area is 122 Å². The largest absolute Gasteiger partial charge is 0.298 e. The lowest BCUT2D eigenvalue weighted by Crippen LogP contribution is -2.17. The Morgan fingerprint density at radius 3 is 2.80 bits per heavy atom. The second kappa shape index (κ2) is 6.45. The van der Waals surface area contributed by atoms with Gasteiger partial charge in [-0.2, -0.15) is 0 Å². The highest BCUT2D eigenvalue weighted by Crippen LogP contribution is 2.23. The minimum absolute atomic E-state index is 0.0548. The van der Waals surface area contributed by atoms with Crippen molar-refractivity contribution in [3.05, 3.63) is 69.0 Å². The molecule has 0 spiro atoms. The zero-order valence-corrected chi connectivity index (χ0v) is 11.7. The first-order chi connectivity index (χ1) is 9.56. The van der Waals surface area contributed by atoms with Crippen molar-refractivity contribution in [1.82, 2.24) is 9.88 Å². The summed E-state index contributed by atoms with van der Waals surface area (Å²) in [5.74, 6) is 0. The van der Waals surface area contributed by atoms with Crippen molar-refractivity contribution >= 4 is 17.3 Å². The molecule has 0 unspecified atom stereocenters. The Morgan fingerprint density at radius 2 is 2.15 bits per heavy atom. The number of pyridine rings is 1. The highest BCUT2D eigenvalue weighted by molar-refractivity contribution is 6.31. The fraction of sp³-hybridized carbons (Fsp3) is 0.214. The van der Waals surface area contributed by atoms with Gasteiger partial charge in [0.1, 0.15) is 0 Å². The predicted molar refractivity (Wildman–Crippen MR) is 77.5 cm³/mol. The third kappa shape index (κ3) is 3.76. The van der Waals surface area contributed by atoms with E-state index in [-0.39, 0.29) is 5.69 Å². The van der Waals surface area contributed by atoms with E-state index in [1.54, 1.807) is 18.5 Å². The van der Waals surface area contributed by atoms with Crippen LogP contribution in [0.4, 0.5) is 5.69 Å². The van der Waals surface area contributed by atoms with Gasteiger partial charge < -0.3 is 0 Å². The molecule has 0 aliphatic carbocycles. The maximum atomic E-state index is 10.8. The zero-order chi connectivity index (χ0) is 14.5. The fourth-order valence-electron chi connectivity index (χ4n) is 1.95. The molecule has 0 atom stereocenters. The lowest BCUT2D eigenvalue weighted by Gasteiger charge is -2.17. The van der Waals surface area contributed by atoms with E-state index >= 15 is 0 Å². The number of nitro benzene ring substituents is 1. The lowest BCUT2D eigenvalue weighted by molar-refractivity contribution is -0.384. The van der Waals surface area contributed by atoms with Crippen LogP contribution in [0, 0.1) is 10.1 Å². The first kappa shape index (κ1) is 14.4. The van der Waals surface area contributed by atoms with E-state index in [0.717, 1.165) is 11.1 Å². The Balaban J connectivity index is 2.09. The quantitative estimate of drug-likeness (QED) is 0.626. The van der Waals surface area contributed by atoms with E-state index < -0.39 is 4.92 Å². The molecule has 5 nitrogen and oxygen atoms in total. The summed E-state index contributed by atoms with van der Waals surface area (Å²) >= 11 is 6.09. The first-order valence-electron chi connectivity index (χ1n) is 6.06. The van der Waals surface area contributed by atoms with E-state index in [0.29, 0.717) is 18.1 Å². The summed E-state index contributed by atoms with van der Waals surface area (Å²) in [7, 11) is 1.93. The summed E-state index contributed by atoms with van der Waals surface area (Å²) in [6.45, 7) is 1.24. The van der Waals surface area contributed by atoms with Crippen molar-refractivity contribution < 1.29 is 4.92 Å². The number of rotatable bonds is 5. The molecule has 0 bridgehead atoms. The lowest BCUT2D eigenvalue weighted by atomic mass is 10.2. The van der Waals surface area contributed by atoms with Crippen LogP contribution < -0.4 is 0 Å². The van der Waals surface area contributed by atoms with E-state index in [1.165, 1.54) is 12.1 Å². The standard InChI is InChI=1S/C14H14ClN3O2/c1-17(9-11-3-2-6-16-8-11)10-12-7-13(18(19)20)4-5-14(12)15/h2-8H,9-10H2,1H3. The van der Waals surface area contributed by atoms with Gasteiger partial charge in [0.05, 0.1) is 4.92 Å². The number of aromatic nitrogens is 1. The monoisotopic (exact) mass is 291 g/mol. The highest BCUT2D eigenvalue weighted by atomic mass is 35.5. The molecule has 0 N–H and O–H groups in total. The van der Waals surface area contributed by atoms with E-state index in [4.69, 9.17) is 11.6 Å². The normalized spacial score (nSPS) is 10.8. The van der Waals surface area contributed by atoms with Gasteiger partial charge in [0.2, 0.25) is 0 Å². The number of non-ortho nitro benzene ring substituents is 1. The van der Waals surface area contributed by atoms with Crippen LogP contribution in [0.1, 0.15) is 11.1 Å². The number of nitrogens with zero attached hydrogens (tertiary/aromatic N) is 3. The molecule has 104 valence electrons. The van der Waals surface area contributed by atoms with Gasteiger partial charge >= 0.3 is 0 Å². The average molecular weight is 292 g/mol. The van der Waals surface area contributed by atoms with Crippen LogP contribution in [0.15, 0.2) is 42.7 Å². The molecular weight excluding hydrogens is 278 g/mol. The average Bonchev–Trinajstić information content (AvgIpc) is 2.42. The van der Waals surface area contributed by atoms with Crippen LogP contribution in [-0.2, 0) is 13.1 Å². The molecule has 0 fully saturated rings. The van der Waals surface area contributed by atoms with Crippen molar-refractivity contribution in [2.45, 2.75) is 13.1 Å². The molecule has 20 heavy (non-hydrogen) atoms. The maximum absolute atomic E-state index is 10.8. The Hall–Kier alpha value is -1.98. The fourth-order valence-corrected chi connectivity index (χ4v) is 2.12. The molecular formula is C14H14ClN3O2. The highest BCUT2D eigenvalue weighted by Gasteiger charge is 2.11. The third-order valence-electron chi connectivity index (χ3n) is 2.86. The summed E-state index contributed by atoms with van der Waals surface area (Å²) in [5.41, 5.74) is 1.88. The molecule has 2 aromatic rings. The van der Waals surface area contributed by atoms with Crippen LogP contribution in [-0.4, -0.2) is 21.9 Å². The van der Waals surface area contributed by atoms with Gasteiger partial charge in [-0.25, -0.2) is 0 Å². The predicted octanol–water partition coefficient (Wildman–Crippen LogP) is 3.28. The first-order valence-corrected chi connectivity index (χ1v) is 6.44. The van der Waals surface area contributed by atoms with E-state index in [1.807, 2.05) is 24.1 Å². The van der Waals surface area contributed by atoms with E-state index in [9.17, 15) is 10.1 Å². The zero-order valence-electron chi connectivity index (χ0n) is 11.0. The molecule has 0 saturated carbocycles. The third-order valence-corrected chi connectivity index (χ3v) is 3.22. The summed E-state index contributed by atoms with van der Waals surface area (Å²) in [4.78, 5) is 16.5. The van der Waals surface area contributed by atoms with Crippen LogP contribution in [0.2, 0.25) is 5.02 Å². The van der Waals surface area contributed by atoms with Gasteiger partial charge in [0.15, 0.2) is 0 Å². The SMILES string of the molecule is CN(Cc1cccnc1)Cc1cc([N+](=O)[O-])ccc1Cl. The molecule has 0 radical (unpaired) electrons.